The standard InChI is InChI=1S/C12H14F3N3/c1-8-6-16-11(18-8)17-7-9-3-2-4-10(5-9)12(13,14)15/h2-5,8H,6-7H2,1H3,(H2,16,17,18). The fourth-order valence-electron chi connectivity index (χ4n) is 1.70. The van der Waals surface area contributed by atoms with E-state index in [9.17, 15) is 13.2 Å². The molecule has 0 bridgehead atoms. The average molecular weight is 257 g/mol. The van der Waals surface area contributed by atoms with Crippen molar-refractivity contribution in [1.82, 2.24) is 10.6 Å². The van der Waals surface area contributed by atoms with Gasteiger partial charge >= 0.3 is 6.18 Å². The molecule has 0 aromatic heterocycles. The second kappa shape index (κ2) is 4.88. The molecule has 0 spiro atoms. The van der Waals surface area contributed by atoms with Crippen molar-refractivity contribution < 1.29 is 13.2 Å². The van der Waals surface area contributed by atoms with Crippen LogP contribution < -0.4 is 10.6 Å². The highest BCUT2D eigenvalue weighted by atomic mass is 19.4. The number of guanidine groups is 1. The Kier molecular flexibility index (Phi) is 3.45. The van der Waals surface area contributed by atoms with E-state index < -0.39 is 11.7 Å². The molecule has 1 aliphatic rings. The molecule has 1 aromatic carbocycles. The van der Waals surface area contributed by atoms with Crippen LogP contribution in [0.4, 0.5) is 13.2 Å². The normalized spacial score (nSPS) is 19.3. The molecule has 0 radical (unpaired) electrons. The van der Waals surface area contributed by atoms with Gasteiger partial charge in [0.2, 0.25) is 0 Å². The summed E-state index contributed by atoms with van der Waals surface area (Å²) < 4.78 is 37.5. The van der Waals surface area contributed by atoms with Gasteiger partial charge in [0.1, 0.15) is 0 Å². The van der Waals surface area contributed by atoms with E-state index in [1.165, 1.54) is 6.07 Å². The minimum Gasteiger partial charge on any atom is -0.352 e. The lowest BCUT2D eigenvalue weighted by molar-refractivity contribution is -0.137. The number of alkyl halides is 3. The first-order valence-corrected chi connectivity index (χ1v) is 5.66. The molecule has 2 rings (SSSR count). The van der Waals surface area contributed by atoms with Crippen molar-refractivity contribution in [3.05, 3.63) is 35.4 Å². The quantitative estimate of drug-likeness (QED) is 0.851. The fourth-order valence-corrected chi connectivity index (χ4v) is 1.70. The predicted octanol–water partition coefficient (Wildman–Crippen LogP) is 2.14. The summed E-state index contributed by atoms with van der Waals surface area (Å²) in [7, 11) is 0. The van der Waals surface area contributed by atoms with Gasteiger partial charge in [-0.15, -0.1) is 0 Å². The first kappa shape index (κ1) is 12.7. The topological polar surface area (TPSA) is 36.4 Å². The Balaban J connectivity index is 1.98. The van der Waals surface area contributed by atoms with Crippen LogP contribution in [0.25, 0.3) is 0 Å². The maximum atomic E-state index is 12.5. The van der Waals surface area contributed by atoms with Crippen LogP contribution in [0, 0.1) is 0 Å². The summed E-state index contributed by atoms with van der Waals surface area (Å²) in [4.78, 5) is 4.18. The minimum absolute atomic E-state index is 0.272. The molecule has 1 aliphatic heterocycles. The van der Waals surface area contributed by atoms with Crippen molar-refractivity contribution in [3.8, 4) is 0 Å². The molecule has 6 heteroatoms. The van der Waals surface area contributed by atoms with Crippen LogP contribution in [-0.4, -0.2) is 18.5 Å². The van der Waals surface area contributed by atoms with Gasteiger partial charge in [0.25, 0.3) is 0 Å². The first-order valence-electron chi connectivity index (χ1n) is 5.66. The summed E-state index contributed by atoms with van der Waals surface area (Å²) in [6, 6.07) is 5.55. The number of aliphatic imine (C=N–C) groups is 1. The molecule has 0 saturated heterocycles. The summed E-state index contributed by atoms with van der Waals surface area (Å²) in [6.07, 6.45) is -4.30. The zero-order valence-electron chi connectivity index (χ0n) is 9.88. The largest absolute Gasteiger partial charge is 0.416 e. The van der Waals surface area contributed by atoms with Gasteiger partial charge in [0, 0.05) is 12.6 Å². The third-order valence-electron chi connectivity index (χ3n) is 2.62. The van der Waals surface area contributed by atoms with Gasteiger partial charge in [-0.1, -0.05) is 12.1 Å². The third kappa shape index (κ3) is 3.15. The highest BCUT2D eigenvalue weighted by molar-refractivity contribution is 5.81. The van der Waals surface area contributed by atoms with Crippen molar-refractivity contribution in [2.45, 2.75) is 25.7 Å². The molecule has 0 saturated carbocycles. The number of nitrogens with one attached hydrogen (secondary N) is 2. The summed E-state index contributed by atoms with van der Waals surface area (Å²) >= 11 is 0. The Hall–Kier alpha value is -1.72. The highest BCUT2D eigenvalue weighted by Crippen LogP contribution is 2.29. The van der Waals surface area contributed by atoms with Gasteiger partial charge in [0.15, 0.2) is 5.96 Å². The molecule has 0 amide bonds. The van der Waals surface area contributed by atoms with Gasteiger partial charge in [-0.3, -0.25) is 4.99 Å². The summed E-state index contributed by atoms with van der Waals surface area (Å²) in [5, 5.41) is 6.06. The fraction of sp³-hybridized carbons (Fsp3) is 0.417. The van der Waals surface area contributed by atoms with E-state index in [0.29, 0.717) is 24.6 Å². The maximum Gasteiger partial charge on any atom is 0.416 e. The molecule has 1 atom stereocenters. The van der Waals surface area contributed by atoms with Crippen LogP contribution in [0.5, 0.6) is 0 Å². The molecule has 18 heavy (non-hydrogen) atoms. The van der Waals surface area contributed by atoms with E-state index in [4.69, 9.17) is 0 Å². The number of hydrogen-bond donors (Lipinski definition) is 2. The molecular weight excluding hydrogens is 243 g/mol. The zero-order valence-corrected chi connectivity index (χ0v) is 9.88. The van der Waals surface area contributed by atoms with Crippen LogP contribution in [0.2, 0.25) is 0 Å². The van der Waals surface area contributed by atoms with Crippen LogP contribution in [0.3, 0.4) is 0 Å². The minimum atomic E-state index is -4.30. The monoisotopic (exact) mass is 257 g/mol. The summed E-state index contributed by atoms with van der Waals surface area (Å²) in [5.41, 5.74) is -0.0506. The van der Waals surface area contributed by atoms with Crippen molar-refractivity contribution in [3.63, 3.8) is 0 Å². The van der Waals surface area contributed by atoms with Crippen molar-refractivity contribution in [1.29, 1.82) is 0 Å². The smallest absolute Gasteiger partial charge is 0.352 e. The SMILES string of the molecule is CC1CN=C(NCc2cccc(C(F)(F)F)c2)N1. The van der Waals surface area contributed by atoms with Gasteiger partial charge in [-0.05, 0) is 24.6 Å². The second-order valence-corrected chi connectivity index (χ2v) is 4.29. The summed E-state index contributed by atoms with van der Waals surface area (Å²) in [5.74, 6) is 0.639. The molecule has 3 nitrogen and oxygen atoms in total. The Morgan fingerprint density at radius 1 is 1.44 bits per heavy atom. The molecular formula is C12H14F3N3. The Morgan fingerprint density at radius 2 is 2.22 bits per heavy atom. The van der Waals surface area contributed by atoms with E-state index in [1.54, 1.807) is 6.07 Å². The number of rotatable bonds is 2. The molecule has 0 aliphatic carbocycles. The second-order valence-electron chi connectivity index (χ2n) is 4.29. The zero-order chi connectivity index (χ0) is 13.2. The van der Waals surface area contributed by atoms with Crippen LogP contribution in [0.1, 0.15) is 18.1 Å². The molecule has 98 valence electrons. The highest BCUT2D eigenvalue weighted by Gasteiger charge is 2.30. The predicted molar refractivity (Wildman–Crippen MR) is 63.2 cm³/mol. The van der Waals surface area contributed by atoms with E-state index in [0.717, 1.165) is 12.1 Å². The molecule has 1 heterocycles. The van der Waals surface area contributed by atoms with Crippen LogP contribution in [-0.2, 0) is 12.7 Å². The van der Waals surface area contributed by atoms with Crippen molar-refractivity contribution >= 4 is 5.96 Å². The van der Waals surface area contributed by atoms with Gasteiger partial charge < -0.3 is 10.6 Å². The van der Waals surface area contributed by atoms with Gasteiger partial charge in [-0.25, -0.2) is 0 Å². The van der Waals surface area contributed by atoms with Crippen LogP contribution in [0.15, 0.2) is 29.3 Å². The average Bonchev–Trinajstić information content (AvgIpc) is 2.72. The lowest BCUT2D eigenvalue weighted by Crippen LogP contribution is -2.37. The number of halogens is 3. The lowest BCUT2D eigenvalue weighted by atomic mass is 10.1. The van der Waals surface area contributed by atoms with Crippen molar-refractivity contribution in [2.24, 2.45) is 4.99 Å². The van der Waals surface area contributed by atoms with Gasteiger partial charge in [0.05, 0.1) is 12.1 Å². The Morgan fingerprint density at radius 3 is 2.83 bits per heavy atom. The van der Waals surface area contributed by atoms with Crippen LogP contribution >= 0.6 is 0 Å². The summed E-state index contributed by atoms with van der Waals surface area (Å²) in [6.45, 7) is 3.00. The van der Waals surface area contributed by atoms with E-state index >= 15 is 0 Å². The van der Waals surface area contributed by atoms with Crippen molar-refractivity contribution in [2.75, 3.05) is 6.54 Å². The first-order chi connectivity index (χ1) is 8.45. The van der Waals surface area contributed by atoms with Gasteiger partial charge in [-0.2, -0.15) is 13.2 Å². The molecule has 1 unspecified atom stereocenters. The number of nitrogens with zero attached hydrogens (tertiary/aromatic N) is 1. The van der Waals surface area contributed by atoms with E-state index in [-0.39, 0.29) is 6.04 Å². The number of hydrogen-bond acceptors (Lipinski definition) is 3. The molecule has 2 N–H and O–H groups in total. The Labute approximate surface area is 103 Å². The maximum absolute atomic E-state index is 12.5. The van der Waals surface area contributed by atoms with E-state index in [2.05, 4.69) is 15.6 Å². The Bertz CT molecular complexity index is 454. The third-order valence-corrected chi connectivity index (χ3v) is 2.62. The van der Waals surface area contributed by atoms with E-state index in [1.807, 2.05) is 6.92 Å². The lowest BCUT2D eigenvalue weighted by Gasteiger charge is -2.11. The number of benzene rings is 1. The molecule has 1 aromatic rings. The molecule has 0 fully saturated rings.